The Balaban J connectivity index is 1.41. The first kappa shape index (κ1) is 16.5. The summed E-state index contributed by atoms with van der Waals surface area (Å²) in [7, 11) is 0. The predicted molar refractivity (Wildman–Crippen MR) is 92.4 cm³/mol. The molecule has 0 radical (unpaired) electrons. The van der Waals surface area contributed by atoms with Crippen molar-refractivity contribution < 1.29 is 9.32 Å². The van der Waals surface area contributed by atoms with Crippen LogP contribution < -0.4 is 10.6 Å². The number of likely N-dealkylation sites (tertiary alicyclic amines) is 1. The zero-order chi connectivity index (χ0) is 16.8. The van der Waals surface area contributed by atoms with E-state index in [-0.39, 0.29) is 6.03 Å². The van der Waals surface area contributed by atoms with Crippen LogP contribution in [0.3, 0.4) is 0 Å². The molecule has 2 aromatic rings. The van der Waals surface area contributed by atoms with E-state index in [1.807, 2.05) is 36.4 Å². The molecule has 128 valence electrons. The van der Waals surface area contributed by atoms with Crippen LogP contribution in [0.25, 0.3) is 11.3 Å². The molecule has 2 amide bonds. The number of hydrogen-bond acceptors (Lipinski definition) is 4. The van der Waals surface area contributed by atoms with E-state index in [4.69, 9.17) is 4.52 Å². The van der Waals surface area contributed by atoms with Crippen molar-refractivity contribution in [3.05, 3.63) is 42.2 Å². The Morgan fingerprint density at radius 1 is 1.33 bits per heavy atom. The molecule has 6 nitrogen and oxygen atoms in total. The quantitative estimate of drug-likeness (QED) is 0.855. The molecular formula is C18H24N4O2. The van der Waals surface area contributed by atoms with Gasteiger partial charge in [-0.15, -0.1) is 0 Å². The van der Waals surface area contributed by atoms with Gasteiger partial charge in [0.1, 0.15) is 5.69 Å². The van der Waals surface area contributed by atoms with Crippen LogP contribution in [0.4, 0.5) is 4.79 Å². The van der Waals surface area contributed by atoms with Crippen molar-refractivity contribution in [1.29, 1.82) is 0 Å². The molecule has 1 aliphatic heterocycles. The molecule has 0 aliphatic carbocycles. The third-order valence-corrected chi connectivity index (χ3v) is 4.42. The molecule has 1 aromatic carbocycles. The summed E-state index contributed by atoms with van der Waals surface area (Å²) in [6.45, 7) is 6.50. The first-order valence-corrected chi connectivity index (χ1v) is 8.49. The summed E-state index contributed by atoms with van der Waals surface area (Å²) in [6, 6.07) is 11.5. The highest BCUT2D eigenvalue weighted by atomic mass is 16.5. The number of aromatic nitrogens is 1. The lowest BCUT2D eigenvalue weighted by molar-refractivity contribution is 0.236. The van der Waals surface area contributed by atoms with Gasteiger partial charge in [-0.25, -0.2) is 4.79 Å². The maximum Gasteiger partial charge on any atom is 0.315 e. The van der Waals surface area contributed by atoms with Gasteiger partial charge in [-0.05, 0) is 25.4 Å². The summed E-state index contributed by atoms with van der Waals surface area (Å²) in [6.07, 6.45) is 1.15. The number of benzene rings is 1. The summed E-state index contributed by atoms with van der Waals surface area (Å²) in [5.41, 5.74) is 1.78. The van der Waals surface area contributed by atoms with E-state index in [0.717, 1.165) is 37.3 Å². The van der Waals surface area contributed by atoms with Gasteiger partial charge in [0.25, 0.3) is 0 Å². The fraction of sp³-hybridized carbons (Fsp3) is 0.444. The van der Waals surface area contributed by atoms with E-state index in [1.54, 1.807) is 0 Å². The first-order valence-electron chi connectivity index (χ1n) is 8.49. The second kappa shape index (κ2) is 7.97. The number of carbonyl (C=O) groups is 1. The lowest BCUT2D eigenvalue weighted by Gasteiger charge is -2.13. The van der Waals surface area contributed by atoms with Gasteiger partial charge in [-0.3, -0.25) is 0 Å². The van der Waals surface area contributed by atoms with Crippen molar-refractivity contribution in [2.75, 3.05) is 26.2 Å². The molecule has 24 heavy (non-hydrogen) atoms. The van der Waals surface area contributed by atoms with Crippen molar-refractivity contribution >= 4 is 6.03 Å². The molecule has 0 unspecified atom stereocenters. The number of amides is 2. The van der Waals surface area contributed by atoms with Crippen LogP contribution in [0, 0.1) is 5.92 Å². The number of rotatable bonds is 6. The summed E-state index contributed by atoms with van der Waals surface area (Å²) < 4.78 is 5.28. The molecule has 1 saturated heterocycles. The topological polar surface area (TPSA) is 70.4 Å². The largest absolute Gasteiger partial charge is 0.359 e. The maximum atomic E-state index is 11.9. The van der Waals surface area contributed by atoms with Crippen molar-refractivity contribution in [1.82, 2.24) is 20.7 Å². The lowest BCUT2D eigenvalue weighted by Crippen LogP contribution is -2.38. The fourth-order valence-corrected chi connectivity index (χ4v) is 2.97. The zero-order valence-electron chi connectivity index (χ0n) is 14.0. The van der Waals surface area contributed by atoms with Gasteiger partial charge in [0, 0.05) is 24.7 Å². The Morgan fingerprint density at radius 2 is 2.17 bits per heavy atom. The highest BCUT2D eigenvalue weighted by molar-refractivity contribution is 5.73. The highest BCUT2D eigenvalue weighted by Crippen LogP contribution is 2.18. The number of nitrogens with one attached hydrogen (secondary N) is 2. The molecule has 6 heteroatoms. The Labute approximate surface area is 142 Å². The molecule has 1 aliphatic rings. The van der Waals surface area contributed by atoms with E-state index in [0.29, 0.717) is 24.8 Å². The van der Waals surface area contributed by atoms with Crippen LogP contribution in [0.5, 0.6) is 0 Å². The molecule has 3 rings (SSSR count). The minimum atomic E-state index is -0.164. The van der Waals surface area contributed by atoms with Gasteiger partial charge in [0.2, 0.25) is 0 Å². The average Bonchev–Trinajstić information content (AvgIpc) is 3.28. The van der Waals surface area contributed by atoms with E-state index in [2.05, 4.69) is 27.6 Å². The van der Waals surface area contributed by atoms with Gasteiger partial charge < -0.3 is 20.1 Å². The third-order valence-electron chi connectivity index (χ3n) is 4.42. The van der Waals surface area contributed by atoms with Crippen molar-refractivity contribution in [2.45, 2.75) is 19.9 Å². The molecular weight excluding hydrogens is 304 g/mol. The molecule has 2 heterocycles. The van der Waals surface area contributed by atoms with Crippen molar-refractivity contribution in [2.24, 2.45) is 5.92 Å². The minimum absolute atomic E-state index is 0.164. The summed E-state index contributed by atoms with van der Waals surface area (Å²) in [5, 5.41) is 9.79. The third kappa shape index (κ3) is 4.35. The summed E-state index contributed by atoms with van der Waals surface area (Å²) >= 11 is 0. The van der Waals surface area contributed by atoms with Gasteiger partial charge in [-0.2, -0.15) is 0 Å². The van der Waals surface area contributed by atoms with Gasteiger partial charge in [0.15, 0.2) is 5.76 Å². The minimum Gasteiger partial charge on any atom is -0.359 e. The van der Waals surface area contributed by atoms with Crippen LogP contribution >= 0.6 is 0 Å². The van der Waals surface area contributed by atoms with Crippen LogP contribution in [0.1, 0.15) is 19.1 Å². The second-order valence-corrected chi connectivity index (χ2v) is 6.16. The van der Waals surface area contributed by atoms with Crippen molar-refractivity contribution in [3.63, 3.8) is 0 Å². The Hall–Kier alpha value is -2.34. The van der Waals surface area contributed by atoms with Gasteiger partial charge >= 0.3 is 6.03 Å². The second-order valence-electron chi connectivity index (χ2n) is 6.16. The van der Waals surface area contributed by atoms with Gasteiger partial charge in [-0.1, -0.05) is 42.4 Å². The number of urea groups is 1. The number of carbonyl (C=O) groups excluding carboxylic acids is 1. The van der Waals surface area contributed by atoms with E-state index in [9.17, 15) is 4.79 Å². The average molecular weight is 328 g/mol. The molecule has 0 bridgehead atoms. The van der Waals surface area contributed by atoms with E-state index in [1.165, 1.54) is 0 Å². The molecule has 0 saturated carbocycles. The Morgan fingerprint density at radius 3 is 2.92 bits per heavy atom. The molecule has 1 fully saturated rings. The van der Waals surface area contributed by atoms with E-state index < -0.39 is 0 Å². The van der Waals surface area contributed by atoms with Gasteiger partial charge in [0.05, 0.1) is 6.54 Å². The Kier molecular flexibility index (Phi) is 5.48. The lowest BCUT2D eigenvalue weighted by atomic mass is 10.1. The SMILES string of the molecule is CCN1CC[C@H](CNC(=O)NCc2cc(-c3ccccc3)no2)C1. The van der Waals surface area contributed by atoms with Crippen molar-refractivity contribution in [3.8, 4) is 11.3 Å². The van der Waals surface area contributed by atoms with E-state index >= 15 is 0 Å². The number of nitrogens with zero attached hydrogens (tertiary/aromatic N) is 2. The summed E-state index contributed by atoms with van der Waals surface area (Å²) in [5.74, 6) is 1.19. The smallest absolute Gasteiger partial charge is 0.315 e. The maximum absolute atomic E-state index is 11.9. The predicted octanol–water partition coefficient (Wildman–Crippen LogP) is 2.48. The normalized spacial score (nSPS) is 17.8. The van der Waals surface area contributed by atoms with Crippen LogP contribution in [-0.4, -0.2) is 42.3 Å². The monoisotopic (exact) mass is 328 g/mol. The number of hydrogen-bond donors (Lipinski definition) is 2. The Bertz CT molecular complexity index is 656. The van der Waals surface area contributed by atoms with Crippen LogP contribution in [-0.2, 0) is 6.54 Å². The molecule has 1 aromatic heterocycles. The fourth-order valence-electron chi connectivity index (χ4n) is 2.97. The molecule has 2 N–H and O–H groups in total. The van der Waals surface area contributed by atoms with Crippen LogP contribution in [0.15, 0.2) is 40.9 Å². The highest BCUT2D eigenvalue weighted by Gasteiger charge is 2.21. The molecule has 0 spiro atoms. The molecule has 1 atom stereocenters. The zero-order valence-corrected chi connectivity index (χ0v) is 14.0. The first-order chi connectivity index (χ1) is 11.7. The summed E-state index contributed by atoms with van der Waals surface area (Å²) in [4.78, 5) is 14.3. The van der Waals surface area contributed by atoms with Crippen LogP contribution in [0.2, 0.25) is 0 Å². The standard InChI is InChI=1S/C18H24N4O2/c1-2-22-9-8-14(13-22)11-19-18(23)20-12-16-10-17(21-24-16)15-6-4-3-5-7-15/h3-7,10,14H,2,8-9,11-13H2,1H3,(H2,19,20,23)/t14-/m1/s1.